The molecule has 0 spiro atoms. The third-order valence-electron chi connectivity index (χ3n) is 2.99. The maximum atomic E-state index is 5.67. The monoisotopic (exact) mass is 235 g/mol. The molecule has 1 aliphatic rings. The van der Waals surface area contributed by atoms with Crippen molar-refractivity contribution in [1.29, 1.82) is 0 Å². The van der Waals surface area contributed by atoms with Gasteiger partial charge in [0.15, 0.2) is 0 Å². The van der Waals surface area contributed by atoms with Crippen molar-refractivity contribution < 1.29 is 4.74 Å². The van der Waals surface area contributed by atoms with Crippen LogP contribution in [0.4, 0.5) is 5.69 Å². The van der Waals surface area contributed by atoms with Crippen LogP contribution < -0.4 is 0 Å². The van der Waals surface area contributed by atoms with Gasteiger partial charge in [-0.3, -0.25) is 0 Å². The predicted molar refractivity (Wildman–Crippen MR) is 73.9 cm³/mol. The second-order valence-corrected chi connectivity index (χ2v) is 4.28. The van der Waals surface area contributed by atoms with Crippen molar-refractivity contribution in [2.75, 3.05) is 0 Å². The Balaban J connectivity index is 2.13. The Bertz CT molecular complexity index is 641. The predicted octanol–water partition coefficient (Wildman–Crippen LogP) is 4.07. The average Bonchev–Trinajstić information content (AvgIpc) is 2.69. The zero-order valence-corrected chi connectivity index (χ0v) is 10.2. The van der Waals surface area contributed by atoms with Gasteiger partial charge in [0.1, 0.15) is 5.76 Å². The first-order valence-corrected chi connectivity index (χ1v) is 5.86. The fourth-order valence-electron chi connectivity index (χ4n) is 2.11. The number of hydrogen-bond donors (Lipinski definition) is 0. The van der Waals surface area contributed by atoms with Gasteiger partial charge >= 0.3 is 0 Å². The molecule has 1 heterocycles. The molecule has 2 nitrogen and oxygen atoms in total. The fraction of sp³-hybridized carbons (Fsp3) is 0.0625. The molecule has 0 fully saturated rings. The van der Waals surface area contributed by atoms with E-state index in [1.54, 1.807) is 0 Å². The standard InChI is InChI=1S/C16H13NO/c1-11-7-6-10-14-12(2)18-16(15(11)14)17-13-8-4-3-5-9-13/h3-10H,2H2,1H3/b17-16-. The van der Waals surface area contributed by atoms with Crippen LogP contribution in [0.15, 0.2) is 60.1 Å². The molecule has 0 bridgehead atoms. The summed E-state index contributed by atoms with van der Waals surface area (Å²) in [5, 5.41) is 0. The largest absolute Gasteiger partial charge is 0.438 e. The van der Waals surface area contributed by atoms with Gasteiger partial charge in [-0.25, -0.2) is 4.99 Å². The first-order valence-electron chi connectivity index (χ1n) is 5.86. The molecule has 0 atom stereocenters. The zero-order chi connectivity index (χ0) is 12.5. The summed E-state index contributed by atoms with van der Waals surface area (Å²) in [4.78, 5) is 4.54. The number of para-hydroxylation sites is 1. The van der Waals surface area contributed by atoms with Crippen LogP contribution in [-0.4, -0.2) is 5.90 Å². The summed E-state index contributed by atoms with van der Waals surface area (Å²) in [6, 6.07) is 15.9. The van der Waals surface area contributed by atoms with Gasteiger partial charge in [0, 0.05) is 5.56 Å². The van der Waals surface area contributed by atoms with Crippen LogP contribution in [-0.2, 0) is 4.74 Å². The Morgan fingerprint density at radius 1 is 1.00 bits per heavy atom. The summed E-state index contributed by atoms with van der Waals surface area (Å²) in [7, 11) is 0. The molecule has 0 saturated carbocycles. The summed E-state index contributed by atoms with van der Waals surface area (Å²) in [6.45, 7) is 5.98. The molecule has 0 aromatic heterocycles. The summed E-state index contributed by atoms with van der Waals surface area (Å²) in [5.41, 5.74) is 4.12. The number of aliphatic imine (C=N–C) groups is 1. The smallest absolute Gasteiger partial charge is 0.228 e. The van der Waals surface area contributed by atoms with Crippen LogP contribution >= 0.6 is 0 Å². The quantitative estimate of drug-likeness (QED) is 0.730. The van der Waals surface area contributed by atoms with Gasteiger partial charge < -0.3 is 4.74 Å². The van der Waals surface area contributed by atoms with E-state index in [1.165, 1.54) is 0 Å². The summed E-state index contributed by atoms with van der Waals surface area (Å²) in [5.74, 6) is 1.31. The molecule has 1 aliphatic heterocycles. The van der Waals surface area contributed by atoms with Crippen LogP contribution in [0.25, 0.3) is 5.76 Å². The molecule has 2 heteroatoms. The summed E-state index contributed by atoms with van der Waals surface area (Å²) < 4.78 is 5.67. The van der Waals surface area contributed by atoms with E-state index in [1.807, 2.05) is 42.5 Å². The van der Waals surface area contributed by atoms with Gasteiger partial charge in [0.05, 0.1) is 11.3 Å². The molecular weight excluding hydrogens is 222 g/mol. The molecule has 0 amide bonds. The van der Waals surface area contributed by atoms with Crippen LogP contribution in [0.2, 0.25) is 0 Å². The minimum absolute atomic E-state index is 0.638. The highest BCUT2D eigenvalue weighted by atomic mass is 16.5. The lowest BCUT2D eigenvalue weighted by Crippen LogP contribution is -1.98. The molecule has 0 unspecified atom stereocenters. The van der Waals surface area contributed by atoms with E-state index in [0.29, 0.717) is 11.7 Å². The van der Waals surface area contributed by atoms with E-state index >= 15 is 0 Å². The van der Waals surface area contributed by atoms with Crippen LogP contribution in [0.3, 0.4) is 0 Å². The van der Waals surface area contributed by atoms with Crippen molar-refractivity contribution in [3.05, 3.63) is 71.8 Å². The average molecular weight is 235 g/mol. The Morgan fingerprint density at radius 2 is 1.78 bits per heavy atom. The molecule has 0 saturated heterocycles. The van der Waals surface area contributed by atoms with Gasteiger partial charge in [0.25, 0.3) is 0 Å². The molecule has 0 N–H and O–H groups in total. The zero-order valence-electron chi connectivity index (χ0n) is 10.2. The topological polar surface area (TPSA) is 21.6 Å². The van der Waals surface area contributed by atoms with Crippen molar-refractivity contribution in [2.45, 2.75) is 6.92 Å². The van der Waals surface area contributed by atoms with E-state index in [9.17, 15) is 0 Å². The maximum Gasteiger partial charge on any atom is 0.228 e. The van der Waals surface area contributed by atoms with E-state index in [-0.39, 0.29) is 0 Å². The van der Waals surface area contributed by atoms with Crippen LogP contribution in [0.1, 0.15) is 16.7 Å². The molecule has 88 valence electrons. The molecule has 3 rings (SSSR count). The Morgan fingerprint density at radius 3 is 2.56 bits per heavy atom. The molecule has 0 aliphatic carbocycles. The highest BCUT2D eigenvalue weighted by Crippen LogP contribution is 2.32. The number of aryl methyl sites for hydroxylation is 1. The number of nitrogens with zero attached hydrogens (tertiary/aromatic N) is 1. The van der Waals surface area contributed by atoms with Crippen LogP contribution in [0.5, 0.6) is 0 Å². The number of hydrogen-bond acceptors (Lipinski definition) is 2. The van der Waals surface area contributed by atoms with Gasteiger partial charge in [-0.1, -0.05) is 43.0 Å². The minimum Gasteiger partial charge on any atom is -0.438 e. The molecular formula is C16H13NO. The fourth-order valence-corrected chi connectivity index (χ4v) is 2.11. The van der Waals surface area contributed by atoms with Gasteiger partial charge in [-0.15, -0.1) is 0 Å². The first kappa shape index (κ1) is 10.8. The lowest BCUT2D eigenvalue weighted by molar-refractivity contribution is 0.527. The van der Waals surface area contributed by atoms with E-state index < -0.39 is 0 Å². The normalized spacial score (nSPS) is 15.6. The SMILES string of the molecule is C=C1O/C(=N\c2ccccc2)c2c(C)cccc21. The third-order valence-corrected chi connectivity index (χ3v) is 2.99. The molecule has 18 heavy (non-hydrogen) atoms. The van der Waals surface area contributed by atoms with Crippen LogP contribution in [0, 0.1) is 6.92 Å². The van der Waals surface area contributed by atoms with Crippen molar-refractivity contribution in [3.8, 4) is 0 Å². The van der Waals surface area contributed by atoms with E-state index in [4.69, 9.17) is 4.74 Å². The first-order chi connectivity index (χ1) is 8.75. The second-order valence-electron chi connectivity index (χ2n) is 4.28. The van der Waals surface area contributed by atoms with Crippen molar-refractivity contribution in [2.24, 2.45) is 4.99 Å². The van der Waals surface area contributed by atoms with E-state index in [2.05, 4.69) is 24.6 Å². The van der Waals surface area contributed by atoms with Crippen molar-refractivity contribution in [3.63, 3.8) is 0 Å². The maximum absolute atomic E-state index is 5.67. The summed E-state index contributed by atoms with van der Waals surface area (Å²) in [6.07, 6.45) is 0. The van der Waals surface area contributed by atoms with Gasteiger partial charge in [-0.2, -0.15) is 0 Å². The Kier molecular flexibility index (Phi) is 2.49. The Hall–Kier alpha value is -2.35. The lowest BCUT2D eigenvalue weighted by Gasteiger charge is -2.01. The number of fused-ring (bicyclic) bond motifs is 1. The molecule has 2 aromatic rings. The molecule has 2 aromatic carbocycles. The Labute approximate surface area is 106 Å². The van der Waals surface area contributed by atoms with E-state index in [0.717, 1.165) is 22.4 Å². The highest BCUT2D eigenvalue weighted by molar-refractivity contribution is 6.07. The summed E-state index contributed by atoms with van der Waals surface area (Å²) >= 11 is 0. The number of benzene rings is 2. The van der Waals surface area contributed by atoms with Gasteiger partial charge in [-0.05, 0) is 24.6 Å². The van der Waals surface area contributed by atoms with Crippen molar-refractivity contribution >= 4 is 17.3 Å². The lowest BCUT2D eigenvalue weighted by atomic mass is 10.0. The third kappa shape index (κ3) is 1.72. The molecule has 0 radical (unpaired) electrons. The number of rotatable bonds is 1. The highest BCUT2D eigenvalue weighted by Gasteiger charge is 2.24. The minimum atomic E-state index is 0.638. The van der Waals surface area contributed by atoms with Gasteiger partial charge in [0.2, 0.25) is 5.90 Å². The van der Waals surface area contributed by atoms with Crippen molar-refractivity contribution in [1.82, 2.24) is 0 Å². The number of ether oxygens (including phenoxy) is 1. The second kappa shape index (κ2) is 4.15.